The number of likely N-dealkylation sites (N-methyl/N-ethyl adjacent to an activating group) is 1. The molecule has 9 nitrogen and oxygen atoms in total. The van der Waals surface area contributed by atoms with Crippen LogP contribution in [0.5, 0.6) is 11.5 Å². The molecule has 0 aromatic heterocycles. The van der Waals surface area contributed by atoms with Gasteiger partial charge in [-0.15, -0.1) is 10.1 Å². The van der Waals surface area contributed by atoms with Gasteiger partial charge in [0.25, 0.3) is 5.09 Å². The number of hydrogen-bond acceptors (Lipinski definition) is 6. The van der Waals surface area contributed by atoms with Crippen LogP contribution in [-0.4, -0.2) is 44.7 Å². The van der Waals surface area contributed by atoms with Gasteiger partial charge in [0.05, 0.1) is 0 Å². The molecule has 0 aliphatic rings. The maximum Gasteiger partial charge on any atom is 0.321 e. The minimum absolute atomic E-state index is 0.213. The van der Waals surface area contributed by atoms with Crippen molar-refractivity contribution in [3.63, 3.8) is 0 Å². The van der Waals surface area contributed by atoms with Crippen molar-refractivity contribution < 1.29 is 30.4 Å². The number of carboxylic acids is 1. The fourth-order valence-corrected chi connectivity index (χ4v) is 1.24. The standard InChI is InChI=1S/C10H13NO4.HNO3/c1-11-7(10(14)15)4-6-2-3-8(12)9(13)5-6;2-1(3)4/h2-3,5,7,11-13H,4H2,1H3,(H,14,15);(H,2,3,4). The van der Waals surface area contributed by atoms with Crippen molar-refractivity contribution in [1.82, 2.24) is 5.32 Å². The summed E-state index contributed by atoms with van der Waals surface area (Å²) in [6.07, 6.45) is 0.250. The van der Waals surface area contributed by atoms with E-state index < -0.39 is 17.1 Å². The molecule has 0 fully saturated rings. The summed E-state index contributed by atoms with van der Waals surface area (Å²) in [6.45, 7) is 0. The highest BCUT2D eigenvalue weighted by atomic mass is 16.9. The van der Waals surface area contributed by atoms with Crippen LogP contribution < -0.4 is 5.32 Å². The van der Waals surface area contributed by atoms with Gasteiger partial charge in [0, 0.05) is 0 Å². The lowest BCUT2D eigenvalue weighted by molar-refractivity contribution is -0.742. The van der Waals surface area contributed by atoms with Crippen molar-refractivity contribution in [2.45, 2.75) is 12.5 Å². The molecule has 0 heterocycles. The number of benzene rings is 1. The lowest BCUT2D eigenvalue weighted by Gasteiger charge is -2.11. The number of rotatable bonds is 4. The first kappa shape index (κ1) is 16.4. The van der Waals surface area contributed by atoms with Gasteiger partial charge in [-0.25, -0.2) is 0 Å². The van der Waals surface area contributed by atoms with Crippen LogP contribution in [0.4, 0.5) is 0 Å². The van der Waals surface area contributed by atoms with E-state index in [4.69, 9.17) is 25.5 Å². The zero-order chi connectivity index (χ0) is 15.0. The second-order valence-corrected chi connectivity index (χ2v) is 3.44. The highest BCUT2D eigenvalue weighted by molar-refractivity contribution is 5.73. The topological polar surface area (TPSA) is 153 Å². The second-order valence-electron chi connectivity index (χ2n) is 3.44. The Morgan fingerprint density at radius 2 is 1.95 bits per heavy atom. The van der Waals surface area contributed by atoms with Crippen molar-refractivity contribution >= 4 is 5.97 Å². The molecule has 1 atom stereocenters. The van der Waals surface area contributed by atoms with Crippen molar-refractivity contribution in [2.24, 2.45) is 0 Å². The molecule has 0 bridgehead atoms. The SMILES string of the molecule is CNC(Cc1ccc(O)c(O)c1)C(=O)O.O=[N+]([O-])O. The Bertz CT molecular complexity index is 446. The van der Waals surface area contributed by atoms with E-state index in [1.54, 1.807) is 13.1 Å². The largest absolute Gasteiger partial charge is 0.504 e. The molecule has 19 heavy (non-hydrogen) atoms. The quantitative estimate of drug-likeness (QED) is 0.291. The molecule has 1 aromatic carbocycles. The van der Waals surface area contributed by atoms with Gasteiger partial charge in [-0.05, 0) is 31.2 Å². The Morgan fingerprint density at radius 1 is 1.42 bits per heavy atom. The van der Waals surface area contributed by atoms with Gasteiger partial charge < -0.3 is 25.8 Å². The van der Waals surface area contributed by atoms with Gasteiger partial charge in [-0.1, -0.05) is 6.07 Å². The molecular formula is C10H14N2O7. The van der Waals surface area contributed by atoms with E-state index in [1.807, 2.05) is 0 Å². The first-order chi connectivity index (χ1) is 8.77. The molecule has 0 amide bonds. The fraction of sp³-hybridized carbons (Fsp3) is 0.300. The third kappa shape index (κ3) is 6.68. The summed E-state index contributed by atoms with van der Waals surface area (Å²) >= 11 is 0. The highest BCUT2D eigenvalue weighted by Gasteiger charge is 2.15. The van der Waals surface area contributed by atoms with Crippen LogP contribution in [0.2, 0.25) is 0 Å². The average Bonchev–Trinajstić information content (AvgIpc) is 2.29. The van der Waals surface area contributed by atoms with E-state index in [-0.39, 0.29) is 17.9 Å². The Balaban J connectivity index is 0.000000711. The molecule has 1 rings (SSSR count). The fourth-order valence-electron chi connectivity index (χ4n) is 1.24. The zero-order valence-electron chi connectivity index (χ0n) is 9.98. The van der Waals surface area contributed by atoms with E-state index in [9.17, 15) is 9.90 Å². The highest BCUT2D eigenvalue weighted by Crippen LogP contribution is 2.25. The molecule has 1 unspecified atom stereocenters. The van der Waals surface area contributed by atoms with E-state index in [2.05, 4.69) is 5.32 Å². The van der Waals surface area contributed by atoms with Gasteiger partial charge in [0.2, 0.25) is 0 Å². The molecular weight excluding hydrogens is 260 g/mol. The van der Waals surface area contributed by atoms with Gasteiger partial charge in [0.1, 0.15) is 6.04 Å². The molecule has 0 saturated carbocycles. The summed E-state index contributed by atoms with van der Waals surface area (Å²) in [6, 6.07) is 3.55. The van der Waals surface area contributed by atoms with Crippen LogP contribution in [-0.2, 0) is 11.2 Å². The van der Waals surface area contributed by atoms with Crippen LogP contribution in [0.25, 0.3) is 0 Å². The minimum atomic E-state index is -1.50. The van der Waals surface area contributed by atoms with Crippen molar-refractivity contribution in [1.29, 1.82) is 0 Å². The summed E-state index contributed by atoms with van der Waals surface area (Å²) in [7, 11) is 1.55. The van der Waals surface area contributed by atoms with Gasteiger partial charge in [0.15, 0.2) is 11.5 Å². The van der Waals surface area contributed by atoms with E-state index in [0.29, 0.717) is 5.56 Å². The second kappa shape index (κ2) is 7.71. The van der Waals surface area contributed by atoms with Crippen molar-refractivity contribution in [2.75, 3.05) is 7.05 Å². The first-order valence-electron chi connectivity index (χ1n) is 5.02. The van der Waals surface area contributed by atoms with Gasteiger partial charge >= 0.3 is 5.97 Å². The molecule has 9 heteroatoms. The predicted molar refractivity (Wildman–Crippen MR) is 62.7 cm³/mol. The molecule has 0 aliphatic carbocycles. The number of nitrogens with one attached hydrogen (secondary N) is 1. The van der Waals surface area contributed by atoms with Crippen molar-refractivity contribution in [3.05, 3.63) is 33.9 Å². The van der Waals surface area contributed by atoms with Gasteiger partial charge in [-0.3, -0.25) is 4.79 Å². The zero-order valence-corrected chi connectivity index (χ0v) is 9.98. The molecule has 5 N–H and O–H groups in total. The van der Waals surface area contributed by atoms with Crippen molar-refractivity contribution in [3.8, 4) is 11.5 Å². The monoisotopic (exact) mass is 274 g/mol. The summed E-state index contributed by atoms with van der Waals surface area (Å²) in [5, 5.41) is 43.3. The Morgan fingerprint density at radius 3 is 2.32 bits per heavy atom. The molecule has 0 aliphatic heterocycles. The molecule has 106 valence electrons. The van der Waals surface area contributed by atoms with Crippen LogP contribution in [0.3, 0.4) is 0 Å². The Kier molecular flexibility index (Phi) is 6.68. The van der Waals surface area contributed by atoms with E-state index in [0.717, 1.165) is 0 Å². The number of aromatic hydroxyl groups is 2. The van der Waals surface area contributed by atoms with Crippen LogP contribution >= 0.6 is 0 Å². The number of phenols is 2. The third-order valence-corrected chi connectivity index (χ3v) is 2.13. The van der Waals surface area contributed by atoms with Gasteiger partial charge in [-0.2, -0.15) is 0 Å². The lowest BCUT2D eigenvalue weighted by Crippen LogP contribution is -2.35. The van der Waals surface area contributed by atoms with Crippen LogP contribution in [0, 0.1) is 10.1 Å². The van der Waals surface area contributed by atoms with Crippen LogP contribution in [0.15, 0.2) is 18.2 Å². The maximum atomic E-state index is 10.7. The smallest absolute Gasteiger partial charge is 0.321 e. The molecule has 1 aromatic rings. The average molecular weight is 274 g/mol. The number of nitrogens with zero attached hydrogens (tertiary/aromatic N) is 1. The summed E-state index contributed by atoms with van der Waals surface area (Å²) < 4.78 is 0. The summed E-state index contributed by atoms with van der Waals surface area (Å²) in [4.78, 5) is 19.1. The number of carbonyl (C=O) groups is 1. The Hall–Kier alpha value is -2.55. The number of hydrogen-bond donors (Lipinski definition) is 5. The third-order valence-electron chi connectivity index (χ3n) is 2.13. The number of carboxylic acid groups (broad SMARTS) is 1. The normalized spacial score (nSPS) is 11.0. The number of aliphatic carboxylic acids is 1. The molecule has 0 saturated heterocycles. The molecule has 0 radical (unpaired) electrons. The maximum absolute atomic E-state index is 10.7. The van der Waals surface area contributed by atoms with Crippen LogP contribution in [0.1, 0.15) is 5.56 Å². The Labute approximate surface area is 107 Å². The van der Waals surface area contributed by atoms with E-state index >= 15 is 0 Å². The first-order valence-corrected chi connectivity index (χ1v) is 5.02. The summed E-state index contributed by atoms with van der Waals surface area (Å²) in [5.74, 6) is -1.41. The van der Waals surface area contributed by atoms with E-state index in [1.165, 1.54) is 12.1 Å². The molecule has 0 spiro atoms. The lowest BCUT2D eigenvalue weighted by atomic mass is 10.1. The predicted octanol–water partition coefficient (Wildman–Crippen LogP) is -0.0348. The minimum Gasteiger partial charge on any atom is -0.504 e. The summed E-state index contributed by atoms with van der Waals surface area (Å²) in [5.41, 5.74) is 0.645. The number of phenolic OH excluding ortho intramolecular Hbond substituents is 2.